The molecule has 0 bridgehead atoms. The first-order valence-electron chi connectivity index (χ1n) is 3.55. The van der Waals surface area contributed by atoms with Crippen LogP contribution in [0, 0.1) is 0 Å². The van der Waals surface area contributed by atoms with E-state index >= 15 is 0 Å². The van der Waals surface area contributed by atoms with Crippen molar-refractivity contribution in [2.24, 2.45) is 0 Å². The van der Waals surface area contributed by atoms with Crippen molar-refractivity contribution < 1.29 is 4.74 Å². The van der Waals surface area contributed by atoms with E-state index in [9.17, 15) is 4.79 Å². The van der Waals surface area contributed by atoms with E-state index in [4.69, 9.17) is 4.74 Å². The van der Waals surface area contributed by atoms with Crippen molar-refractivity contribution in [1.82, 2.24) is 9.61 Å². The van der Waals surface area contributed by atoms with Gasteiger partial charge in [0.1, 0.15) is 5.75 Å². The highest BCUT2D eigenvalue weighted by Crippen LogP contribution is 2.11. The second-order valence-corrected chi connectivity index (χ2v) is 2.48. The van der Waals surface area contributed by atoms with Crippen LogP contribution in [0.5, 0.6) is 5.75 Å². The highest BCUT2D eigenvalue weighted by Gasteiger charge is 1.96. The third kappa shape index (κ3) is 0.972. The quantitative estimate of drug-likeness (QED) is 0.672. The lowest BCUT2D eigenvalue weighted by atomic mass is 10.4. The summed E-state index contributed by atoms with van der Waals surface area (Å²) in [5.41, 5.74) is 0.697. The zero-order valence-corrected chi connectivity index (χ0v) is 6.57. The Bertz CT molecular complexity index is 455. The van der Waals surface area contributed by atoms with Gasteiger partial charge in [0.15, 0.2) is 0 Å². The van der Waals surface area contributed by atoms with Crippen LogP contribution in [0.1, 0.15) is 0 Å². The van der Waals surface area contributed by atoms with Crippen LogP contribution in [0.3, 0.4) is 0 Å². The van der Waals surface area contributed by atoms with Gasteiger partial charge in [-0.15, -0.1) is 0 Å². The maximum atomic E-state index is 10.9. The number of hydrogen-bond acceptors (Lipinski definition) is 2. The van der Waals surface area contributed by atoms with Crippen molar-refractivity contribution in [3.05, 3.63) is 34.7 Å². The molecule has 0 atom stereocenters. The Kier molecular flexibility index (Phi) is 1.40. The fourth-order valence-corrected chi connectivity index (χ4v) is 1.12. The molecule has 62 valence electrons. The van der Waals surface area contributed by atoms with Gasteiger partial charge in [0.2, 0.25) is 0 Å². The number of ether oxygens (including phenoxy) is 1. The number of methoxy groups -OCH3 is 1. The number of rotatable bonds is 1. The molecule has 0 aliphatic rings. The van der Waals surface area contributed by atoms with Crippen LogP contribution in [0.2, 0.25) is 0 Å². The van der Waals surface area contributed by atoms with Crippen molar-refractivity contribution in [2.45, 2.75) is 0 Å². The largest absolute Gasteiger partial charge is 0.497 e. The highest BCUT2D eigenvalue weighted by atomic mass is 16.5. The van der Waals surface area contributed by atoms with Crippen molar-refractivity contribution in [3.63, 3.8) is 0 Å². The molecule has 0 aliphatic heterocycles. The number of hydrogen-bond donors (Lipinski definition) is 1. The molecule has 0 aromatic carbocycles. The molecule has 0 saturated heterocycles. The van der Waals surface area contributed by atoms with Crippen molar-refractivity contribution in [2.75, 3.05) is 7.11 Å². The maximum absolute atomic E-state index is 10.9. The molecule has 0 saturated carbocycles. The SMILES string of the molecule is COc1ccn2[nH]c(=O)cc2c1. The molecule has 1 N–H and O–H groups in total. The Morgan fingerprint density at radius 3 is 3.08 bits per heavy atom. The molecular formula is C8H8N2O2. The standard InChI is InChI=1S/C8H8N2O2/c1-12-7-2-3-10-6(4-7)5-8(11)9-10/h2-5H,1H3,(H,9,11). The Balaban J connectivity index is 2.74. The highest BCUT2D eigenvalue weighted by molar-refractivity contribution is 5.49. The number of aromatic amines is 1. The van der Waals surface area contributed by atoms with Gasteiger partial charge in [-0.25, -0.2) is 0 Å². The normalized spacial score (nSPS) is 10.4. The number of pyridine rings is 1. The van der Waals surface area contributed by atoms with E-state index in [1.54, 1.807) is 30.0 Å². The van der Waals surface area contributed by atoms with Gasteiger partial charge in [-0.3, -0.25) is 14.4 Å². The Hall–Kier alpha value is -1.71. The smallest absolute Gasteiger partial charge is 0.264 e. The number of fused-ring (bicyclic) bond motifs is 1. The summed E-state index contributed by atoms with van der Waals surface area (Å²) in [4.78, 5) is 10.9. The molecule has 0 fully saturated rings. The second-order valence-electron chi connectivity index (χ2n) is 2.48. The molecule has 0 radical (unpaired) electrons. The van der Waals surface area contributed by atoms with Gasteiger partial charge in [0.05, 0.1) is 12.6 Å². The number of nitrogens with zero attached hydrogens (tertiary/aromatic N) is 1. The van der Waals surface area contributed by atoms with E-state index in [2.05, 4.69) is 5.10 Å². The van der Waals surface area contributed by atoms with E-state index in [1.165, 1.54) is 6.07 Å². The molecule has 2 aromatic rings. The Labute approximate surface area is 68.4 Å². The molecule has 0 unspecified atom stereocenters. The van der Waals surface area contributed by atoms with Crippen LogP contribution in [0.15, 0.2) is 29.2 Å². The van der Waals surface area contributed by atoms with Crippen LogP contribution >= 0.6 is 0 Å². The van der Waals surface area contributed by atoms with Crippen LogP contribution < -0.4 is 10.3 Å². The van der Waals surface area contributed by atoms with Crippen molar-refractivity contribution in [1.29, 1.82) is 0 Å². The second kappa shape index (κ2) is 2.41. The average molecular weight is 164 g/mol. The molecule has 2 rings (SSSR count). The summed E-state index contributed by atoms with van der Waals surface area (Å²) < 4.78 is 6.65. The van der Waals surface area contributed by atoms with Crippen molar-refractivity contribution >= 4 is 5.52 Å². The van der Waals surface area contributed by atoms with E-state index < -0.39 is 0 Å². The molecule has 4 heteroatoms. The number of nitrogens with one attached hydrogen (secondary N) is 1. The van der Waals surface area contributed by atoms with Gasteiger partial charge in [-0.05, 0) is 6.07 Å². The minimum atomic E-state index is -0.108. The zero-order valence-electron chi connectivity index (χ0n) is 6.57. The van der Waals surface area contributed by atoms with E-state index in [0.29, 0.717) is 0 Å². The van der Waals surface area contributed by atoms with Gasteiger partial charge in [-0.1, -0.05) is 0 Å². The Morgan fingerprint density at radius 1 is 1.50 bits per heavy atom. The summed E-state index contributed by atoms with van der Waals surface area (Å²) in [6, 6.07) is 5.09. The monoisotopic (exact) mass is 164 g/mol. The molecule has 12 heavy (non-hydrogen) atoms. The Morgan fingerprint density at radius 2 is 2.33 bits per heavy atom. The van der Waals surface area contributed by atoms with Gasteiger partial charge < -0.3 is 4.74 Å². The fourth-order valence-electron chi connectivity index (χ4n) is 1.12. The number of aromatic nitrogens is 2. The van der Waals surface area contributed by atoms with E-state index in [-0.39, 0.29) is 5.56 Å². The summed E-state index contributed by atoms with van der Waals surface area (Å²) in [7, 11) is 1.59. The van der Waals surface area contributed by atoms with Gasteiger partial charge >= 0.3 is 0 Å². The topological polar surface area (TPSA) is 46.5 Å². The minimum absolute atomic E-state index is 0.108. The van der Waals surface area contributed by atoms with Crippen LogP contribution in [0.4, 0.5) is 0 Å². The first-order chi connectivity index (χ1) is 5.79. The molecule has 4 nitrogen and oxygen atoms in total. The predicted molar refractivity (Wildman–Crippen MR) is 44.6 cm³/mol. The zero-order chi connectivity index (χ0) is 8.55. The summed E-state index contributed by atoms with van der Waals surface area (Å²) >= 11 is 0. The van der Waals surface area contributed by atoms with Crippen LogP contribution in [0.25, 0.3) is 5.52 Å². The first-order valence-corrected chi connectivity index (χ1v) is 3.55. The third-order valence-electron chi connectivity index (χ3n) is 1.70. The summed E-state index contributed by atoms with van der Waals surface area (Å²) in [5, 5.41) is 2.62. The lowest BCUT2D eigenvalue weighted by Gasteiger charge is -1.98. The van der Waals surface area contributed by atoms with Gasteiger partial charge in [0, 0.05) is 18.3 Å². The van der Waals surface area contributed by atoms with Crippen LogP contribution in [-0.4, -0.2) is 16.7 Å². The fraction of sp³-hybridized carbons (Fsp3) is 0.125. The van der Waals surface area contributed by atoms with E-state index in [1.807, 2.05) is 0 Å². The molecule has 0 amide bonds. The molecule has 2 aromatic heterocycles. The molecule has 0 spiro atoms. The lowest BCUT2D eigenvalue weighted by Crippen LogP contribution is -1.97. The first kappa shape index (κ1) is 6.97. The van der Waals surface area contributed by atoms with Crippen LogP contribution in [-0.2, 0) is 0 Å². The minimum Gasteiger partial charge on any atom is -0.497 e. The summed E-state index contributed by atoms with van der Waals surface area (Å²) in [6.45, 7) is 0. The van der Waals surface area contributed by atoms with Gasteiger partial charge in [-0.2, -0.15) is 0 Å². The molecular weight excluding hydrogens is 156 g/mol. The van der Waals surface area contributed by atoms with Gasteiger partial charge in [0.25, 0.3) is 5.56 Å². The summed E-state index contributed by atoms with van der Waals surface area (Å²) in [6.07, 6.45) is 1.75. The maximum Gasteiger partial charge on any atom is 0.264 e. The van der Waals surface area contributed by atoms with E-state index in [0.717, 1.165) is 11.3 Å². The predicted octanol–water partition coefficient (Wildman–Crippen LogP) is 0.636. The average Bonchev–Trinajstić information content (AvgIpc) is 2.43. The van der Waals surface area contributed by atoms with Crippen molar-refractivity contribution in [3.8, 4) is 5.75 Å². The molecule has 0 aliphatic carbocycles. The number of H-pyrrole nitrogens is 1. The molecule has 2 heterocycles. The summed E-state index contributed by atoms with van der Waals surface area (Å²) in [5.74, 6) is 0.744. The third-order valence-corrected chi connectivity index (χ3v) is 1.70. The lowest BCUT2D eigenvalue weighted by molar-refractivity contribution is 0.414.